The molecule has 7 heteroatoms. The van der Waals surface area contributed by atoms with Crippen molar-refractivity contribution in [2.75, 3.05) is 12.3 Å². The molecule has 2 aromatic heterocycles. The highest BCUT2D eigenvalue weighted by Crippen LogP contribution is 2.36. The Morgan fingerprint density at radius 2 is 2.18 bits per heavy atom. The zero-order valence-corrected chi connectivity index (χ0v) is 13.8. The number of nitrogen functional groups attached to an aromatic ring is 1. The number of fused-ring (bicyclic) bond motifs is 2. The summed E-state index contributed by atoms with van der Waals surface area (Å²) in [6.07, 6.45) is 8.56. The number of carbonyl (C=O) groups is 1. The third-order valence-corrected chi connectivity index (χ3v) is 5.44. The maximum Gasteiger partial charge on any atom is 0.222 e. The molecule has 0 aliphatic carbocycles. The lowest BCUT2D eigenvalue weighted by Gasteiger charge is -2.42. The first kappa shape index (κ1) is 14.0. The van der Waals surface area contributed by atoms with Crippen molar-refractivity contribution < 1.29 is 4.79 Å². The van der Waals surface area contributed by atoms with Crippen LogP contribution in [0, 0.1) is 0 Å². The van der Waals surface area contributed by atoms with Gasteiger partial charge in [0.25, 0.3) is 0 Å². The molecule has 2 fully saturated rings. The molecule has 0 bridgehead atoms. The average Bonchev–Trinajstić information content (AvgIpc) is 2.86. The fourth-order valence-electron chi connectivity index (χ4n) is 3.81. The highest BCUT2D eigenvalue weighted by atomic mass is 79.9. The summed E-state index contributed by atoms with van der Waals surface area (Å²) in [6, 6.07) is 0.430. The van der Waals surface area contributed by atoms with Crippen molar-refractivity contribution in [2.24, 2.45) is 0 Å². The van der Waals surface area contributed by atoms with Crippen LogP contribution in [0.4, 0.5) is 5.82 Å². The van der Waals surface area contributed by atoms with Crippen molar-refractivity contribution in [3.05, 3.63) is 22.8 Å². The first-order valence-corrected chi connectivity index (χ1v) is 8.52. The van der Waals surface area contributed by atoms with E-state index in [0.717, 1.165) is 48.2 Å². The highest BCUT2D eigenvalue weighted by Gasteiger charge is 2.36. The highest BCUT2D eigenvalue weighted by molar-refractivity contribution is 9.10. The van der Waals surface area contributed by atoms with Gasteiger partial charge in [-0.1, -0.05) is 0 Å². The Balaban J connectivity index is 1.71. The number of nitrogens with zero attached hydrogens (tertiary/aromatic N) is 4. The molecule has 116 valence electrons. The molecule has 1 amide bonds. The van der Waals surface area contributed by atoms with Crippen LogP contribution in [0.25, 0.3) is 5.52 Å². The van der Waals surface area contributed by atoms with Crippen LogP contribution in [0.2, 0.25) is 0 Å². The van der Waals surface area contributed by atoms with Gasteiger partial charge >= 0.3 is 0 Å². The molecule has 0 aromatic carbocycles. The number of aromatic nitrogens is 3. The van der Waals surface area contributed by atoms with Gasteiger partial charge in [0, 0.05) is 37.3 Å². The number of anilines is 1. The second-order valence-electron chi connectivity index (χ2n) is 6.16. The first-order valence-electron chi connectivity index (χ1n) is 7.72. The molecule has 0 radical (unpaired) electrons. The van der Waals surface area contributed by atoms with Gasteiger partial charge in [0.1, 0.15) is 15.9 Å². The van der Waals surface area contributed by atoms with Crippen LogP contribution in [0.3, 0.4) is 0 Å². The number of rotatable bonds is 1. The maximum absolute atomic E-state index is 12.2. The molecule has 0 spiro atoms. The number of hydrogen-bond donors (Lipinski definition) is 1. The van der Waals surface area contributed by atoms with Gasteiger partial charge in [0.2, 0.25) is 5.91 Å². The summed E-state index contributed by atoms with van der Waals surface area (Å²) >= 11 is 3.48. The number of hydrogen-bond acceptors (Lipinski definition) is 4. The summed E-state index contributed by atoms with van der Waals surface area (Å²) < 4.78 is 2.73. The zero-order valence-electron chi connectivity index (χ0n) is 12.2. The van der Waals surface area contributed by atoms with Gasteiger partial charge in [-0.15, -0.1) is 0 Å². The summed E-state index contributed by atoms with van der Waals surface area (Å²) in [7, 11) is 0. The van der Waals surface area contributed by atoms with E-state index in [1.165, 1.54) is 0 Å². The SMILES string of the molecule is Nc1nccn2c([C@H]3CC[C@H]4CCCC(=O)N4C3)nc(Br)c12. The van der Waals surface area contributed by atoms with Crippen molar-refractivity contribution in [1.29, 1.82) is 0 Å². The normalized spacial score (nSPS) is 25.5. The van der Waals surface area contributed by atoms with E-state index in [-0.39, 0.29) is 5.92 Å². The molecule has 4 rings (SSSR count). The molecule has 2 aliphatic rings. The van der Waals surface area contributed by atoms with E-state index in [4.69, 9.17) is 5.73 Å². The van der Waals surface area contributed by atoms with E-state index in [1.807, 2.05) is 10.6 Å². The van der Waals surface area contributed by atoms with Crippen molar-refractivity contribution in [3.63, 3.8) is 0 Å². The van der Waals surface area contributed by atoms with Gasteiger partial charge in [-0.05, 0) is 41.6 Å². The smallest absolute Gasteiger partial charge is 0.222 e. The van der Waals surface area contributed by atoms with Crippen molar-refractivity contribution in [1.82, 2.24) is 19.3 Å². The van der Waals surface area contributed by atoms with Gasteiger partial charge < -0.3 is 10.6 Å². The molecule has 6 nitrogen and oxygen atoms in total. The number of imidazole rings is 1. The van der Waals surface area contributed by atoms with Crippen LogP contribution in [0.5, 0.6) is 0 Å². The lowest BCUT2D eigenvalue weighted by Crippen LogP contribution is -2.48. The molecular weight excluding hydrogens is 346 g/mol. The summed E-state index contributed by atoms with van der Waals surface area (Å²) in [4.78, 5) is 23.0. The predicted octanol–water partition coefficient (Wildman–Crippen LogP) is 2.33. The molecular formula is C15H18BrN5O. The summed E-state index contributed by atoms with van der Waals surface area (Å²) in [5.41, 5.74) is 6.77. The molecule has 22 heavy (non-hydrogen) atoms. The molecule has 2 atom stereocenters. The second kappa shape index (κ2) is 5.22. The maximum atomic E-state index is 12.2. The molecule has 2 saturated heterocycles. The largest absolute Gasteiger partial charge is 0.382 e. The lowest BCUT2D eigenvalue weighted by atomic mass is 9.87. The Bertz CT molecular complexity index is 743. The molecule has 2 aliphatic heterocycles. The Morgan fingerprint density at radius 3 is 3.05 bits per heavy atom. The molecule has 0 unspecified atom stereocenters. The fraction of sp³-hybridized carbons (Fsp3) is 0.533. The van der Waals surface area contributed by atoms with Crippen molar-refractivity contribution in [3.8, 4) is 0 Å². The summed E-state index contributed by atoms with van der Waals surface area (Å²) in [5.74, 6) is 1.98. The Hall–Kier alpha value is -1.63. The van der Waals surface area contributed by atoms with Crippen LogP contribution in [0.1, 0.15) is 43.8 Å². The number of amides is 1. The van der Waals surface area contributed by atoms with E-state index < -0.39 is 0 Å². The van der Waals surface area contributed by atoms with Crippen LogP contribution in [-0.4, -0.2) is 37.8 Å². The van der Waals surface area contributed by atoms with Gasteiger partial charge in [0.05, 0.1) is 0 Å². The Kier molecular flexibility index (Phi) is 3.32. The second-order valence-corrected chi connectivity index (χ2v) is 6.91. The number of halogens is 1. The lowest BCUT2D eigenvalue weighted by molar-refractivity contribution is -0.138. The van der Waals surface area contributed by atoms with Crippen LogP contribution >= 0.6 is 15.9 Å². The third kappa shape index (κ3) is 2.10. The summed E-state index contributed by atoms with van der Waals surface area (Å²) in [6.45, 7) is 0.761. The van der Waals surface area contributed by atoms with Gasteiger partial charge in [-0.3, -0.25) is 9.20 Å². The minimum atomic E-state index is 0.249. The van der Waals surface area contributed by atoms with Gasteiger partial charge in [-0.25, -0.2) is 9.97 Å². The molecule has 2 N–H and O–H groups in total. The topological polar surface area (TPSA) is 76.5 Å². The van der Waals surface area contributed by atoms with Gasteiger partial charge in [0.15, 0.2) is 5.82 Å². The van der Waals surface area contributed by atoms with Crippen LogP contribution < -0.4 is 5.73 Å². The van der Waals surface area contributed by atoms with Gasteiger partial charge in [-0.2, -0.15) is 0 Å². The number of piperidine rings is 2. The fourth-order valence-corrected chi connectivity index (χ4v) is 4.38. The standard InChI is InChI=1S/C15H18BrN5O/c16-13-12-14(17)18-6-7-20(12)15(19-13)9-4-5-10-2-1-3-11(22)21(10)8-9/h6-7,9-10H,1-5,8H2,(H2,17,18)/t9-,10+/m0/s1. The number of nitrogens with two attached hydrogens (primary N) is 1. The summed E-state index contributed by atoms with van der Waals surface area (Å²) in [5, 5.41) is 0. The van der Waals surface area contributed by atoms with Crippen molar-refractivity contribution >= 4 is 33.2 Å². The van der Waals surface area contributed by atoms with Crippen LogP contribution in [-0.2, 0) is 4.79 Å². The van der Waals surface area contributed by atoms with Crippen molar-refractivity contribution in [2.45, 2.75) is 44.1 Å². The predicted molar refractivity (Wildman–Crippen MR) is 86.4 cm³/mol. The van der Waals surface area contributed by atoms with E-state index >= 15 is 0 Å². The van der Waals surface area contributed by atoms with Crippen LogP contribution in [0.15, 0.2) is 17.0 Å². The van der Waals surface area contributed by atoms with E-state index in [2.05, 4.69) is 30.8 Å². The third-order valence-electron chi connectivity index (χ3n) is 4.89. The van der Waals surface area contributed by atoms with E-state index in [0.29, 0.717) is 24.2 Å². The minimum Gasteiger partial charge on any atom is -0.382 e. The molecule has 0 saturated carbocycles. The molecule has 2 aromatic rings. The monoisotopic (exact) mass is 363 g/mol. The quantitative estimate of drug-likeness (QED) is 0.843. The Labute approximate surface area is 136 Å². The zero-order chi connectivity index (χ0) is 15.3. The van der Waals surface area contributed by atoms with E-state index in [1.54, 1.807) is 6.20 Å². The minimum absolute atomic E-state index is 0.249. The first-order chi connectivity index (χ1) is 10.6. The number of carbonyl (C=O) groups excluding carboxylic acids is 1. The molecule has 4 heterocycles. The van der Waals surface area contributed by atoms with E-state index in [9.17, 15) is 4.79 Å². The Morgan fingerprint density at radius 1 is 1.32 bits per heavy atom. The average molecular weight is 364 g/mol.